The van der Waals surface area contributed by atoms with Gasteiger partial charge in [0.15, 0.2) is 0 Å². The number of nitrogens with one attached hydrogen (secondary N) is 1. The predicted molar refractivity (Wildman–Crippen MR) is 131 cm³/mol. The Hall–Kier alpha value is -3.85. The van der Waals surface area contributed by atoms with E-state index < -0.39 is 10.0 Å². The first-order valence-electron chi connectivity index (χ1n) is 10.7. The summed E-state index contributed by atoms with van der Waals surface area (Å²) in [4.78, 5) is 26.4. The number of anilines is 3. The summed E-state index contributed by atoms with van der Waals surface area (Å²) in [5.74, 6) is 0.351. The maximum atomic E-state index is 12.9. The van der Waals surface area contributed by atoms with Crippen molar-refractivity contribution in [2.75, 3.05) is 35.2 Å². The largest absolute Gasteiger partial charge is 0.497 e. The highest BCUT2D eigenvalue weighted by atomic mass is 32.2. The zero-order chi connectivity index (χ0) is 24.3. The topological polar surface area (TPSA) is 96.0 Å². The van der Waals surface area contributed by atoms with Crippen molar-refractivity contribution in [3.63, 3.8) is 0 Å². The third-order valence-corrected chi connectivity index (χ3v) is 7.52. The van der Waals surface area contributed by atoms with Crippen LogP contribution in [-0.2, 0) is 14.8 Å². The van der Waals surface area contributed by atoms with E-state index in [0.717, 1.165) is 16.4 Å². The van der Waals surface area contributed by atoms with Crippen LogP contribution in [0.4, 0.5) is 17.1 Å². The Morgan fingerprint density at radius 2 is 1.62 bits per heavy atom. The molecule has 0 saturated carbocycles. The first kappa shape index (κ1) is 23.3. The summed E-state index contributed by atoms with van der Waals surface area (Å²) in [7, 11) is -0.792. The van der Waals surface area contributed by atoms with Crippen molar-refractivity contribution in [3.8, 4) is 5.75 Å². The van der Waals surface area contributed by atoms with E-state index in [1.165, 1.54) is 26.3 Å². The number of benzene rings is 3. The lowest BCUT2D eigenvalue weighted by atomic mass is 10.2. The van der Waals surface area contributed by atoms with Gasteiger partial charge in [0.25, 0.3) is 15.9 Å². The van der Waals surface area contributed by atoms with Crippen LogP contribution >= 0.6 is 0 Å². The molecule has 34 heavy (non-hydrogen) atoms. The number of hydrogen-bond acceptors (Lipinski definition) is 5. The molecule has 3 aromatic rings. The molecule has 4 rings (SSSR count). The molecule has 1 aliphatic rings. The molecule has 1 fully saturated rings. The predicted octanol–water partition coefficient (Wildman–Crippen LogP) is 3.90. The molecule has 1 heterocycles. The van der Waals surface area contributed by atoms with E-state index in [2.05, 4.69) is 5.32 Å². The molecule has 0 aromatic heterocycles. The number of carbonyl (C=O) groups excluding carboxylic acids is 2. The van der Waals surface area contributed by atoms with Gasteiger partial charge in [-0.1, -0.05) is 0 Å². The lowest BCUT2D eigenvalue weighted by Crippen LogP contribution is -2.26. The van der Waals surface area contributed by atoms with Gasteiger partial charge in [-0.25, -0.2) is 8.42 Å². The number of ether oxygens (including phenoxy) is 1. The van der Waals surface area contributed by atoms with E-state index >= 15 is 0 Å². The van der Waals surface area contributed by atoms with E-state index in [-0.39, 0.29) is 16.7 Å². The molecular weight excluding hydrogens is 454 g/mol. The molecule has 0 atom stereocenters. The Labute approximate surface area is 198 Å². The van der Waals surface area contributed by atoms with Gasteiger partial charge in [-0.2, -0.15) is 0 Å². The summed E-state index contributed by atoms with van der Waals surface area (Å²) in [5, 5.41) is 2.82. The summed E-state index contributed by atoms with van der Waals surface area (Å²) in [6.45, 7) is 0.708. The fraction of sp³-hybridized carbons (Fsp3) is 0.200. The molecule has 3 aromatic carbocycles. The number of nitrogens with zero attached hydrogens (tertiary/aromatic N) is 2. The van der Waals surface area contributed by atoms with E-state index in [1.54, 1.807) is 65.6 Å². The number of sulfonamides is 1. The number of methoxy groups -OCH3 is 1. The third-order valence-electron chi connectivity index (χ3n) is 5.72. The van der Waals surface area contributed by atoms with Crippen molar-refractivity contribution in [1.82, 2.24) is 0 Å². The van der Waals surface area contributed by atoms with Gasteiger partial charge in [-0.15, -0.1) is 0 Å². The molecule has 1 N–H and O–H groups in total. The molecule has 9 heteroatoms. The number of carbonyl (C=O) groups is 2. The first-order valence-corrected chi connectivity index (χ1v) is 12.2. The highest BCUT2D eigenvalue weighted by Gasteiger charge is 2.22. The van der Waals surface area contributed by atoms with Crippen LogP contribution in [0.5, 0.6) is 5.75 Å². The Kier molecular flexibility index (Phi) is 6.56. The smallest absolute Gasteiger partial charge is 0.264 e. The van der Waals surface area contributed by atoms with E-state index in [9.17, 15) is 18.0 Å². The van der Waals surface area contributed by atoms with Crippen LogP contribution in [0.3, 0.4) is 0 Å². The molecule has 8 nitrogen and oxygen atoms in total. The summed E-state index contributed by atoms with van der Waals surface area (Å²) < 4.78 is 32.1. The van der Waals surface area contributed by atoms with Crippen LogP contribution < -0.4 is 19.3 Å². The van der Waals surface area contributed by atoms with Gasteiger partial charge in [0.05, 0.1) is 17.7 Å². The van der Waals surface area contributed by atoms with Crippen LogP contribution in [0.2, 0.25) is 0 Å². The van der Waals surface area contributed by atoms with Gasteiger partial charge in [0.1, 0.15) is 5.75 Å². The second kappa shape index (κ2) is 9.56. The standard InChI is InChI=1S/C25H25N3O5S/c1-27(34(31,32)23-15-13-22(33-2)14-16-23)20-9-5-18(6-10-20)25(30)26-19-7-11-21(12-8-19)28-17-3-4-24(28)29/h5-16H,3-4,17H2,1-2H3,(H,26,30). The minimum absolute atomic E-state index is 0.107. The van der Waals surface area contributed by atoms with Crippen molar-refractivity contribution in [3.05, 3.63) is 78.4 Å². The molecule has 0 aliphatic carbocycles. The minimum Gasteiger partial charge on any atom is -0.497 e. The van der Waals surface area contributed by atoms with Crippen LogP contribution in [0, 0.1) is 0 Å². The third kappa shape index (κ3) is 4.74. The second-order valence-corrected chi connectivity index (χ2v) is 9.81. The van der Waals surface area contributed by atoms with E-state index in [1.807, 2.05) is 0 Å². The number of hydrogen-bond donors (Lipinski definition) is 1. The zero-order valence-corrected chi connectivity index (χ0v) is 19.7. The second-order valence-electron chi connectivity index (χ2n) is 7.84. The van der Waals surface area contributed by atoms with Gasteiger partial charge in [-0.3, -0.25) is 13.9 Å². The Morgan fingerprint density at radius 3 is 2.18 bits per heavy atom. The average Bonchev–Trinajstić information content (AvgIpc) is 3.30. The van der Waals surface area contributed by atoms with Gasteiger partial charge in [0.2, 0.25) is 5.91 Å². The summed E-state index contributed by atoms with van der Waals surface area (Å²) in [6.07, 6.45) is 1.41. The fourth-order valence-corrected chi connectivity index (χ4v) is 4.91. The van der Waals surface area contributed by atoms with Crippen molar-refractivity contribution in [2.45, 2.75) is 17.7 Å². The molecule has 1 saturated heterocycles. The Morgan fingerprint density at radius 1 is 0.971 bits per heavy atom. The molecular formula is C25H25N3O5S. The van der Waals surface area contributed by atoms with Gasteiger partial charge < -0.3 is 15.0 Å². The van der Waals surface area contributed by atoms with Crippen LogP contribution in [0.1, 0.15) is 23.2 Å². The zero-order valence-electron chi connectivity index (χ0n) is 18.9. The Balaban J connectivity index is 1.43. The quantitative estimate of drug-likeness (QED) is 0.555. The molecule has 0 spiro atoms. The maximum Gasteiger partial charge on any atom is 0.264 e. The molecule has 1 aliphatic heterocycles. The highest BCUT2D eigenvalue weighted by molar-refractivity contribution is 7.92. The number of amides is 2. The van der Waals surface area contributed by atoms with Crippen molar-refractivity contribution < 1.29 is 22.7 Å². The molecule has 2 amide bonds. The minimum atomic E-state index is -3.76. The monoisotopic (exact) mass is 479 g/mol. The summed E-state index contributed by atoms with van der Waals surface area (Å²) in [6, 6.07) is 19.6. The van der Waals surface area contributed by atoms with Crippen molar-refractivity contribution in [2.24, 2.45) is 0 Å². The first-order chi connectivity index (χ1) is 16.3. The lowest BCUT2D eigenvalue weighted by molar-refractivity contribution is -0.117. The molecule has 0 unspecified atom stereocenters. The summed E-state index contributed by atoms with van der Waals surface area (Å²) >= 11 is 0. The van der Waals surface area contributed by atoms with Gasteiger partial charge in [0, 0.05) is 37.0 Å². The SMILES string of the molecule is COc1ccc(S(=O)(=O)N(C)c2ccc(C(=O)Nc3ccc(N4CCCC4=O)cc3)cc2)cc1. The molecule has 176 valence electrons. The van der Waals surface area contributed by atoms with E-state index in [4.69, 9.17) is 4.74 Å². The van der Waals surface area contributed by atoms with Gasteiger partial charge >= 0.3 is 0 Å². The van der Waals surface area contributed by atoms with Crippen molar-refractivity contribution in [1.29, 1.82) is 0 Å². The molecule has 0 bridgehead atoms. The maximum absolute atomic E-state index is 12.9. The number of rotatable bonds is 7. The van der Waals surface area contributed by atoms with Crippen LogP contribution in [-0.4, -0.2) is 40.9 Å². The summed E-state index contributed by atoms with van der Waals surface area (Å²) in [5.41, 5.74) is 2.22. The average molecular weight is 480 g/mol. The normalized spacial score (nSPS) is 13.6. The van der Waals surface area contributed by atoms with Gasteiger partial charge in [-0.05, 0) is 79.2 Å². The Bertz CT molecular complexity index is 1290. The van der Waals surface area contributed by atoms with E-state index in [0.29, 0.717) is 35.7 Å². The van der Waals surface area contributed by atoms with Crippen molar-refractivity contribution >= 4 is 38.9 Å². The fourth-order valence-electron chi connectivity index (χ4n) is 3.72. The highest BCUT2D eigenvalue weighted by Crippen LogP contribution is 2.25. The molecule has 0 radical (unpaired) electrons. The van der Waals surface area contributed by atoms with Crippen LogP contribution in [0.15, 0.2) is 77.7 Å². The lowest BCUT2D eigenvalue weighted by Gasteiger charge is -2.20. The van der Waals surface area contributed by atoms with Crippen LogP contribution in [0.25, 0.3) is 0 Å².